The second-order valence-corrected chi connectivity index (χ2v) is 7.78. The molecule has 0 spiro atoms. The van der Waals surface area contributed by atoms with Crippen molar-refractivity contribution in [3.05, 3.63) is 64.4 Å². The summed E-state index contributed by atoms with van der Waals surface area (Å²) in [6, 6.07) is 12.7. The Morgan fingerprint density at radius 3 is 2.55 bits per heavy atom. The number of nitrogens with zero attached hydrogens (tertiary/aromatic N) is 1. The molecule has 0 aliphatic carbocycles. The van der Waals surface area contributed by atoms with Gasteiger partial charge in [-0.25, -0.2) is 4.39 Å². The highest BCUT2D eigenvalue weighted by atomic mass is 79.9. The fourth-order valence-corrected chi connectivity index (χ4v) is 3.11. The van der Waals surface area contributed by atoms with E-state index in [2.05, 4.69) is 21.2 Å². The van der Waals surface area contributed by atoms with Crippen LogP contribution in [-0.2, 0) is 16.1 Å². The zero-order valence-electron chi connectivity index (χ0n) is 16.8. The van der Waals surface area contributed by atoms with Crippen molar-refractivity contribution in [2.45, 2.75) is 45.8 Å². The van der Waals surface area contributed by atoms with Gasteiger partial charge in [-0.05, 0) is 50.1 Å². The van der Waals surface area contributed by atoms with E-state index in [-0.39, 0.29) is 30.9 Å². The van der Waals surface area contributed by atoms with Gasteiger partial charge in [0.2, 0.25) is 5.91 Å². The molecule has 0 heterocycles. The van der Waals surface area contributed by atoms with Gasteiger partial charge < -0.3 is 15.0 Å². The molecule has 0 saturated carbocycles. The van der Waals surface area contributed by atoms with Gasteiger partial charge in [0.15, 0.2) is 18.2 Å². The van der Waals surface area contributed by atoms with Crippen molar-refractivity contribution >= 4 is 27.7 Å². The Morgan fingerprint density at radius 2 is 1.90 bits per heavy atom. The second-order valence-electron chi connectivity index (χ2n) is 6.86. The molecule has 2 amide bonds. The summed E-state index contributed by atoms with van der Waals surface area (Å²) in [4.78, 5) is 27.0. The second kappa shape index (κ2) is 11.0. The van der Waals surface area contributed by atoms with Crippen molar-refractivity contribution in [3.63, 3.8) is 0 Å². The van der Waals surface area contributed by atoms with Crippen LogP contribution in [0.25, 0.3) is 0 Å². The van der Waals surface area contributed by atoms with Crippen molar-refractivity contribution in [2.24, 2.45) is 0 Å². The number of carbonyl (C=O) groups is 2. The third-order valence-corrected chi connectivity index (χ3v) is 5.09. The number of para-hydroxylation sites is 1. The van der Waals surface area contributed by atoms with Gasteiger partial charge in [0, 0.05) is 17.1 Å². The third kappa shape index (κ3) is 6.85. The summed E-state index contributed by atoms with van der Waals surface area (Å²) in [5, 5.41) is 2.90. The van der Waals surface area contributed by atoms with Gasteiger partial charge in [0.25, 0.3) is 5.91 Å². The molecule has 2 rings (SSSR count). The highest BCUT2D eigenvalue weighted by Crippen LogP contribution is 2.18. The number of ether oxygens (including phenoxy) is 1. The normalized spacial score (nSPS) is 12.7. The number of hydrogen-bond acceptors (Lipinski definition) is 3. The van der Waals surface area contributed by atoms with Crippen LogP contribution in [0.3, 0.4) is 0 Å². The molecular weight excluding hydrogens is 439 g/mol. The highest BCUT2D eigenvalue weighted by Gasteiger charge is 2.27. The minimum absolute atomic E-state index is 0.0000321. The number of hydrogen-bond donors (Lipinski definition) is 1. The molecular formula is C22H26BrFN2O3. The maximum atomic E-state index is 13.8. The summed E-state index contributed by atoms with van der Waals surface area (Å²) in [6.07, 6.45) is 0.786. The summed E-state index contributed by atoms with van der Waals surface area (Å²) in [5.74, 6) is -1.19. The average Bonchev–Trinajstić information content (AvgIpc) is 2.70. The van der Waals surface area contributed by atoms with Gasteiger partial charge in [-0.15, -0.1) is 0 Å². The molecule has 0 bridgehead atoms. The first-order valence-corrected chi connectivity index (χ1v) is 10.3. The number of rotatable bonds is 9. The van der Waals surface area contributed by atoms with Crippen LogP contribution in [0, 0.1) is 5.82 Å². The lowest BCUT2D eigenvalue weighted by molar-refractivity contribution is -0.142. The van der Waals surface area contributed by atoms with E-state index in [1.807, 2.05) is 38.1 Å². The molecule has 2 aromatic carbocycles. The molecule has 0 radical (unpaired) electrons. The highest BCUT2D eigenvalue weighted by molar-refractivity contribution is 9.10. The Bertz CT molecular complexity index is 846. The smallest absolute Gasteiger partial charge is 0.261 e. The van der Waals surface area contributed by atoms with Gasteiger partial charge in [-0.3, -0.25) is 9.59 Å². The number of carbonyl (C=O) groups excluding carboxylic acids is 2. The first-order valence-electron chi connectivity index (χ1n) is 9.53. The van der Waals surface area contributed by atoms with E-state index in [1.165, 1.54) is 17.0 Å². The minimum atomic E-state index is -0.709. The summed E-state index contributed by atoms with van der Waals surface area (Å²) < 4.78 is 20.0. The number of amides is 2. The predicted octanol–water partition coefficient (Wildman–Crippen LogP) is 4.30. The van der Waals surface area contributed by atoms with Crippen molar-refractivity contribution in [1.29, 1.82) is 0 Å². The van der Waals surface area contributed by atoms with Gasteiger partial charge in [0.05, 0.1) is 0 Å². The van der Waals surface area contributed by atoms with Crippen molar-refractivity contribution in [3.8, 4) is 5.75 Å². The van der Waals surface area contributed by atoms with E-state index in [0.29, 0.717) is 0 Å². The SMILES string of the molecule is CC[C@@H](C)NC(=O)[C@@H](C)N(Cc1cccc(Br)c1)C(=O)COc1ccccc1F. The van der Waals surface area contributed by atoms with Crippen LogP contribution in [-0.4, -0.2) is 35.4 Å². The maximum absolute atomic E-state index is 13.8. The quantitative estimate of drug-likeness (QED) is 0.601. The zero-order valence-corrected chi connectivity index (χ0v) is 18.4. The summed E-state index contributed by atoms with van der Waals surface area (Å²) in [6.45, 7) is 5.43. The lowest BCUT2D eigenvalue weighted by Gasteiger charge is -2.29. The molecule has 156 valence electrons. The first kappa shape index (κ1) is 22.9. The number of halogens is 2. The lowest BCUT2D eigenvalue weighted by Crippen LogP contribution is -2.50. The van der Waals surface area contributed by atoms with E-state index >= 15 is 0 Å². The number of nitrogens with one attached hydrogen (secondary N) is 1. The monoisotopic (exact) mass is 464 g/mol. The molecule has 1 N–H and O–H groups in total. The van der Waals surface area contributed by atoms with Crippen LogP contribution in [0.5, 0.6) is 5.75 Å². The summed E-state index contributed by atoms with van der Waals surface area (Å²) in [7, 11) is 0. The topological polar surface area (TPSA) is 58.6 Å². The lowest BCUT2D eigenvalue weighted by atomic mass is 10.1. The van der Waals surface area contributed by atoms with Gasteiger partial charge in [0.1, 0.15) is 6.04 Å². The van der Waals surface area contributed by atoms with Crippen molar-refractivity contribution < 1.29 is 18.7 Å². The minimum Gasteiger partial charge on any atom is -0.481 e. The molecule has 0 aliphatic rings. The molecule has 29 heavy (non-hydrogen) atoms. The molecule has 0 aromatic heterocycles. The molecule has 0 unspecified atom stereocenters. The molecule has 0 aliphatic heterocycles. The largest absolute Gasteiger partial charge is 0.481 e. The zero-order chi connectivity index (χ0) is 21.4. The molecule has 2 aromatic rings. The van der Waals surface area contributed by atoms with E-state index in [4.69, 9.17) is 4.74 Å². The van der Waals surface area contributed by atoms with E-state index in [9.17, 15) is 14.0 Å². The first-order chi connectivity index (χ1) is 13.8. The molecule has 7 heteroatoms. The van der Waals surface area contributed by atoms with Crippen LogP contribution >= 0.6 is 15.9 Å². The van der Waals surface area contributed by atoms with Crippen LogP contribution in [0.2, 0.25) is 0 Å². The third-order valence-electron chi connectivity index (χ3n) is 4.60. The Morgan fingerprint density at radius 1 is 1.17 bits per heavy atom. The Labute approximate surface area is 179 Å². The Hall–Kier alpha value is -2.41. The maximum Gasteiger partial charge on any atom is 0.261 e. The van der Waals surface area contributed by atoms with Crippen LogP contribution in [0.15, 0.2) is 53.0 Å². The van der Waals surface area contributed by atoms with Crippen molar-refractivity contribution in [2.75, 3.05) is 6.61 Å². The Kier molecular flexibility index (Phi) is 8.64. The van der Waals surface area contributed by atoms with Crippen LogP contribution in [0.4, 0.5) is 4.39 Å². The van der Waals surface area contributed by atoms with Crippen LogP contribution in [0.1, 0.15) is 32.8 Å². The molecule has 5 nitrogen and oxygen atoms in total. The standard InChI is InChI=1S/C22H26BrFN2O3/c1-4-15(2)25-22(28)16(3)26(13-17-8-7-9-18(23)12-17)21(27)14-29-20-11-6-5-10-19(20)24/h5-12,15-16H,4,13-14H2,1-3H3,(H,25,28)/t15-,16-/m1/s1. The Balaban J connectivity index is 2.17. The predicted molar refractivity (Wildman–Crippen MR) is 114 cm³/mol. The van der Waals surface area contributed by atoms with E-state index in [1.54, 1.807) is 19.1 Å². The molecule has 0 fully saturated rings. The molecule has 2 atom stereocenters. The summed E-state index contributed by atoms with van der Waals surface area (Å²) in [5.41, 5.74) is 0.863. The van der Waals surface area contributed by atoms with E-state index < -0.39 is 17.8 Å². The average molecular weight is 465 g/mol. The van der Waals surface area contributed by atoms with Gasteiger partial charge >= 0.3 is 0 Å². The van der Waals surface area contributed by atoms with Gasteiger partial charge in [-0.1, -0.05) is 47.1 Å². The fourth-order valence-electron chi connectivity index (χ4n) is 2.66. The van der Waals surface area contributed by atoms with Gasteiger partial charge in [-0.2, -0.15) is 0 Å². The fraction of sp³-hybridized carbons (Fsp3) is 0.364. The van der Waals surface area contributed by atoms with Crippen LogP contribution < -0.4 is 10.1 Å². The summed E-state index contributed by atoms with van der Waals surface area (Å²) >= 11 is 3.42. The van der Waals surface area contributed by atoms with Crippen molar-refractivity contribution in [1.82, 2.24) is 10.2 Å². The molecule has 0 saturated heterocycles. The number of benzene rings is 2. The van der Waals surface area contributed by atoms with E-state index in [0.717, 1.165) is 16.5 Å².